The largest absolute Gasteiger partial charge is 0.352 e. The van der Waals surface area contributed by atoms with E-state index in [1.54, 1.807) is 12.1 Å². The summed E-state index contributed by atoms with van der Waals surface area (Å²) in [5, 5.41) is 2.83. The molecule has 0 aliphatic rings. The van der Waals surface area contributed by atoms with Crippen molar-refractivity contribution in [3.05, 3.63) is 35.9 Å². The van der Waals surface area contributed by atoms with Gasteiger partial charge in [-0.2, -0.15) is 0 Å². The molecule has 1 rings (SSSR count). The Morgan fingerprint density at radius 3 is 2.64 bits per heavy atom. The zero-order valence-electron chi connectivity index (χ0n) is 8.36. The fourth-order valence-electron chi connectivity index (χ4n) is 1.04. The molecule has 0 saturated heterocycles. The molecule has 0 spiro atoms. The van der Waals surface area contributed by atoms with Crippen molar-refractivity contribution in [1.29, 1.82) is 0 Å². The van der Waals surface area contributed by atoms with Gasteiger partial charge in [0.15, 0.2) is 0 Å². The fourth-order valence-corrected chi connectivity index (χ4v) is 1.04. The van der Waals surface area contributed by atoms with E-state index >= 15 is 0 Å². The van der Waals surface area contributed by atoms with Crippen LogP contribution in [0, 0.1) is 5.92 Å². The van der Waals surface area contributed by atoms with Gasteiger partial charge in [-0.1, -0.05) is 25.1 Å². The number of hydrogen-bond donors (Lipinski definition) is 2. The molecule has 1 atom stereocenters. The van der Waals surface area contributed by atoms with E-state index in [0.717, 1.165) is 0 Å². The van der Waals surface area contributed by atoms with Crippen LogP contribution in [0.25, 0.3) is 0 Å². The Balaban J connectivity index is 2.44. The monoisotopic (exact) mass is 192 g/mol. The molecule has 76 valence electrons. The van der Waals surface area contributed by atoms with Crippen molar-refractivity contribution in [1.82, 2.24) is 5.32 Å². The normalized spacial score (nSPS) is 12.1. The van der Waals surface area contributed by atoms with Crippen LogP contribution in [0.2, 0.25) is 0 Å². The molecule has 1 amide bonds. The molecule has 0 aliphatic heterocycles. The second kappa shape index (κ2) is 5.40. The minimum atomic E-state index is -0.0362. The number of amides is 1. The molecule has 3 nitrogen and oxygen atoms in total. The minimum absolute atomic E-state index is 0.0362. The number of hydrogen-bond acceptors (Lipinski definition) is 2. The highest BCUT2D eigenvalue weighted by atomic mass is 16.1. The van der Waals surface area contributed by atoms with Crippen LogP contribution in [-0.2, 0) is 0 Å². The van der Waals surface area contributed by atoms with Gasteiger partial charge in [-0.3, -0.25) is 4.79 Å². The first-order valence-electron chi connectivity index (χ1n) is 4.77. The van der Waals surface area contributed by atoms with Crippen LogP contribution in [0.3, 0.4) is 0 Å². The predicted molar refractivity (Wildman–Crippen MR) is 57.0 cm³/mol. The summed E-state index contributed by atoms with van der Waals surface area (Å²) in [6.07, 6.45) is 0. The molecule has 0 aromatic heterocycles. The lowest BCUT2D eigenvalue weighted by Crippen LogP contribution is -2.31. The lowest BCUT2D eigenvalue weighted by atomic mass is 10.1. The van der Waals surface area contributed by atoms with Crippen LogP contribution in [0.15, 0.2) is 30.3 Å². The maximum atomic E-state index is 11.5. The van der Waals surface area contributed by atoms with Gasteiger partial charge in [0.1, 0.15) is 0 Å². The summed E-state index contributed by atoms with van der Waals surface area (Å²) >= 11 is 0. The standard InChI is InChI=1S/C11H16N2O/c1-9(7-12)8-13-11(14)10-5-3-2-4-6-10/h2-6,9H,7-8,12H2,1H3,(H,13,14). The van der Waals surface area contributed by atoms with Crippen molar-refractivity contribution in [2.24, 2.45) is 11.7 Å². The molecule has 3 N–H and O–H groups in total. The van der Waals surface area contributed by atoms with Gasteiger partial charge in [0.05, 0.1) is 0 Å². The van der Waals surface area contributed by atoms with E-state index in [0.29, 0.717) is 24.6 Å². The molecule has 0 heterocycles. The topological polar surface area (TPSA) is 55.1 Å². The lowest BCUT2D eigenvalue weighted by molar-refractivity contribution is 0.0948. The smallest absolute Gasteiger partial charge is 0.251 e. The molecule has 3 heteroatoms. The third-order valence-electron chi connectivity index (χ3n) is 2.05. The van der Waals surface area contributed by atoms with Crippen LogP contribution >= 0.6 is 0 Å². The number of nitrogens with one attached hydrogen (secondary N) is 1. The van der Waals surface area contributed by atoms with Gasteiger partial charge in [0.25, 0.3) is 5.91 Å². The number of carbonyl (C=O) groups is 1. The molecule has 1 aromatic carbocycles. The van der Waals surface area contributed by atoms with E-state index in [9.17, 15) is 4.79 Å². The minimum Gasteiger partial charge on any atom is -0.352 e. The van der Waals surface area contributed by atoms with Crippen LogP contribution in [-0.4, -0.2) is 19.0 Å². The molecular formula is C11H16N2O. The van der Waals surface area contributed by atoms with Gasteiger partial charge in [0, 0.05) is 12.1 Å². The Kier molecular flexibility index (Phi) is 4.13. The molecule has 0 bridgehead atoms. The first-order valence-corrected chi connectivity index (χ1v) is 4.77. The Labute approximate surface area is 84.3 Å². The highest BCUT2D eigenvalue weighted by molar-refractivity contribution is 5.94. The third kappa shape index (κ3) is 3.18. The third-order valence-corrected chi connectivity index (χ3v) is 2.05. The highest BCUT2D eigenvalue weighted by Crippen LogP contribution is 1.98. The van der Waals surface area contributed by atoms with Gasteiger partial charge in [0.2, 0.25) is 0 Å². The van der Waals surface area contributed by atoms with Gasteiger partial charge >= 0.3 is 0 Å². The maximum absolute atomic E-state index is 11.5. The van der Waals surface area contributed by atoms with Crippen molar-refractivity contribution in [2.75, 3.05) is 13.1 Å². The second-order valence-corrected chi connectivity index (χ2v) is 3.42. The molecule has 0 fully saturated rings. The predicted octanol–water partition coefficient (Wildman–Crippen LogP) is 1.01. The quantitative estimate of drug-likeness (QED) is 0.748. The lowest BCUT2D eigenvalue weighted by Gasteiger charge is -2.09. The van der Waals surface area contributed by atoms with E-state index in [-0.39, 0.29) is 5.91 Å². The molecule has 0 aliphatic carbocycles. The summed E-state index contributed by atoms with van der Waals surface area (Å²) < 4.78 is 0. The summed E-state index contributed by atoms with van der Waals surface area (Å²) in [6.45, 7) is 3.23. The Morgan fingerprint density at radius 2 is 2.07 bits per heavy atom. The van der Waals surface area contributed by atoms with E-state index in [1.807, 2.05) is 25.1 Å². The fraction of sp³-hybridized carbons (Fsp3) is 0.364. The average molecular weight is 192 g/mol. The maximum Gasteiger partial charge on any atom is 0.251 e. The Morgan fingerprint density at radius 1 is 1.43 bits per heavy atom. The molecule has 0 radical (unpaired) electrons. The molecular weight excluding hydrogens is 176 g/mol. The first kappa shape index (κ1) is 10.7. The zero-order valence-corrected chi connectivity index (χ0v) is 8.36. The number of carbonyl (C=O) groups excluding carboxylic acids is 1. The van der Waals surface area contributed by atoms with Crippen LogP contribution in [0.1, 0.15) is 17.3 Å². The summed E-state index contributed by atoms with van der Waals surface area (Å²) in [5.41, 5.74) is 6.14. The van der Waals surface area contributed by atoms with E-state index in [2.05, 4.69) is 5.32 Å². The molecule has 0 saturated carbocycles. The Hall–Kier alpha value is -1.35. The van der Waals surface area contributed by atoms with Crippen LogP contribution < -0.4 is 11.1 Å². The number of nitrogens with two attached hydrogens (primary N) is 1. The number of benzene rings is 1. The van der Waals surface area contributed by atoms with Crippen molar-refractivity contribution in [2.45, 2.75) is 6.92 Å². The summed E-state index contributed by atoms with van der Waals surface area (Å²) in [5.74, 6) is 0.286. The Bertz CT molecular complexity index is 285. The average Bonchev–Trinajstić information content (AvgIpc) is 2.26. The molecule has 14 heavy (non-hydrogen) atoms. The summed E-state index contributed by atoms with van der Waals surface area (Å²) in [6, 6.07) is 9.17. The molecule has 1 unspecified atom stereocenters. The van der Waals surface area contributed by atoms with Gasteiger partial charge in [-0.25, -0.2) is 0 Å². The summed E-state index contributed by atoms with van der Waals surface area (Å²) in [7, 11) is 0. The number of rotatable bonds is 4. The zero-order chi connectivity index (χ0) is 10.4. The van der Waals surface area contributed by atoms with Gasteiger partial charge in [-0.15, -0.1) is 0 Å². The van der Waals surface area contributed by atoms with Crippen molar-refractivity contribution in [3.63, 3.8) is 0 Å². The van der Waals surface area contributed by atoms with Crippen molar-refractivity contribution in [3.8, 4) is 0 Å². The van der Waals surface area contributed by atoms with Gasteiger partial charge in [-0.05, 0) is 24.6 Å². The van der Waals surface area contributed by atoms with E-state index in [1.165, 1.54) is 0 Å². The van der Waals surface area contributed by atoms with Gasteiger partial charge < -0.3 is 11.1 Å². The SMILES string of the molecule is CC(CN)CNC(=O)c1ccccc1. The second-order valence-electron chi connectivity index (χ2n) is 3.42. The van der Waals surface area contributed by atoms with Crippen molar-refractivity contribution < 1.29 is 4.79 Å². The van der Waals surface area contributed by atoms with Crippen LogP contribution in [0.4, 0.5) is 0 Å². The van der Waals surface area contributed by atoms with E-state index in [4.69, 9.17) is 5.73 Å². The molecule has 1 aromatic rings. The summed E-state index contributed by atoms with van der Waals surface area (Å²) in [4.78, 5) is 11.5. The first-order chi connectivity index (χ1) is 6.74. The highest BCUT2D eigenvalue weighted by Gasteiger charge is 2.05. The van der Waals surface area contributed by atoms with E-state index < -0.39 is 0 Å². The van der Waals surface area contributed by atoms with Crippen LogP contribution in [0.5, 0.6) is 0 Å². The van der Waals surface area contributed by atoms with Crippen molar-refractivity contribution >= 4 is 5.91 Å².